The number of unbranched alkanes of at least 4 members (excludes halogenated alkanes) is 5. The molecule has 2 nitrogen and oxygen atoms in total. The van der Waals surface area contributed by atoms with Crippen LogP contribution in [0.4, 0.5) is 0 Å². The van der Waals surface area contributed by atoms with Gasteiger partial charge < -0.3 is 9.90 Å². The summed E-state index contributed by atoms with van der Waals surface area (Å²) in [6.07, 6.45) is 13.7. The molecule has 0 aliphatic rings. The molecule has 0 atom stereocenters. The van der Waals surface area contributed by atoms with E-state index in [4.69, 9.17) is 0 Å². The van der Waals surface area contributed by atoms with Crippen LogP contribution in [0.3, 0.4) is 0 Å². The molecule has 0 saturated carbocycles. The maximum absolute atomic E-state index is 9.97. The summed E-state index contributed by atoms with van der Waals surface area (Å²) in [6, 6.07) is 0. The van der Waals surface area contributed by atoms with Gasteiger partial charge in [-0.05, 0) is 18.9 Å². The first kappa shape index (κ1) is 17.3. The molecule has 3 heteroatoms. The van der Waals surface area contributed by atoms with Crippen LogP contribution in [0.5, 0.6) is 0 Å². The van der Waals surface area contributed by atoms with Crippen LogP contribution >= 0.6 is 0 Å². The number of aliphatic carboxylic acids is 1. The van der Waals surface area contributed by atoms with Gasteiger partial charge in [0.05, 0.1) is 5.97 Å². The first-order chi connectivity index (χ1) is 6.77. The Morgan fingerprint density at radius 1 is 1.13 bits per heavy atom. The predicted octanol–water partition coefficient (Wildman–Crippen LogP) is -0.787. The Labute approximate surface area is 115 Å². The molecule has 0 saturated heterocycles. The van der Waals surface area contributed by atoms with Gasteiger partial charge >= 0.3 is 29.6 Å². The van der Waals surface area contributed by atoms with Crippen LogP contribution < -0.4 is 34.7 Å². The van der Waals surface area contributed by atoms with Gasteiger partial charge in [0, 0.05) is 0 Å². The fourth-order valence-electron chi connectivity index (χ4n) is 1.17. The average Bonchev–Trinajstić information content (AvgIpc) is 2.15. The molecule has 0 unspecified atom stereocenters. The quantitative estimate of drug-likeness (QED) is 0.232. The van der Waals surface area contributed by atoms with E-state index in [9.17, 15) is 9.90 Å². The van der Waals surface area contributed by atoms with Crippen LogP contribution in [-0.4, -0.2) is 5.97 Å². The monoisotopic (exact) mass is 218 g/mol. The normalized spacial score (nSPS) is 10.7. The van der Waals surface area contributed by atoms with Crippen LogP contribution in [0.25, 0.3) is 0 Å². The fraction of sp³-hybridized carbons (Fsp3) is 0.583. The third-order valence-corrected chi connectivity index (χ3v) is 1.95. The first-order valence-corrected chi connectivity index (χ1v) is 5.31. The summed E-state index contributed by atoms with van der Waals surface area (Å²) in [4.78, 5) is 9.97. The number of hydrogen-bond donors (Lipinski definition) is 0. The van der Waals surface area contributed by atoms with Crippen molar-refractivity contribution in [2.45, 2.75) is 45.4 Å². The van der Waals surface area contributed by atoms with Gasteiger partial charge in [-0.15, -0.1) is 0 Å². The molecule has 15 heavy (non-hydrogen) atoms. The summed E-state index contributed by atoms with van der Waals surface area (Å²) in [5.41, 5.74) is 0. The molecular weight excluding hydrogens is 199 g/mol. The third kappa shape index (κ3) is 16.6. The second-order valence-corrected chi connectivity index (χ2v) is 3.31. The van der Waals surface area contributed by atoms with E-state index in [1.807, 2.05) is 6.08 Å². The number of hydrogen-bond acceptors (Lipinski definition) is 2. The van der Waals surface area contributed by atoms with Crippen molar-refractivity contribution >= 4 is 5.97 Å². The van der Waals surface area contributed by atoms with Crippen LogP contribution in [0, 0.1) is 0 Å². The van der Waals surface area contributed by atoms with Crippen molar-refractivity contribution in [1.29, 1.82) is 0 Å². The Morgan fingerprint density at radius 3 is 2.40 bits per heavy atom. The zero-order valence-corrected chi connectivity index (χ0v) is 11.9. The zero-order chi connectivity index (χ0) is 10.6. The fourth-order valence-corrected chi connectivity index (χ4v) is 1.17. The molecule has 0 rings (SSSR count). The summed E-state index contributed by atoms with van der Waals surface area (Å²) >= 11 is 0. The van der Waals surface area contributed by atoms with Crippen molar-refractivity contribution in [3.63, 3.8) is 0 Å². The Balaban J connectivity index is 0. The second-order valence-electron chi connectivity index (χ2n) is 3.31. The minimum Gasteiger partial charge on any atom is -0.545 e. The molecule has 0 aliphatic heterocycles. The maximum Gasteiger partial charge on any atom is 1.00 e. The molecule has 0 aromatic rings. The van der Waals surface area contributed by atoms with E-state index in [0.717, 1.165) is 12.5 Å². The SMILES string of the molecule is CCCCCCC/C=C/C=C/C(=O)[O-].[Na+]. The summed E-state index contributed by atoms with van der Waals surface area (Å²) < 4.78 is 0. The Kier molecular flexibility index (Phi) is 16.1. The summed E-state index contributed by atoms with van der Waals surface area (Å²) in [5.74, 6) is -1.14. The third-order valence-electron chi connectivity index (χ3n) is 1.95. The number of carboxylic acids is 1. The number of carbonyl (C=O) groups is 1. The molecule has 0 aliphatic carbocycles. The van der Waals surface area contributed by atoms with Gasteiger partial charge in [-0.2, -0.15) is 0 Å². The average molecular weight is 218 g/mol. The Hall–Kier alpha value is -0.0500. The van der Waals surface area contributed by atoms with Crippen molar-refractivity contribution in [2.75, 3.05) is 0 Å². The molecular formula is C12H19NaO2. The van der Waals surface area contributed by atoms with Gasteiger partial charge in [-0.25, -0.2) is 0 Å². The van der Waals surface area contributed by atoms with E-state index < -0.39 is 5.97 Å². The minimum absolute atomic E-state index is 0. The van der Waals surface area contributed by atoms with Gasteiger partial charge in [-0.3, -0.25) is 0 Å². The van der Waals surface area contributed by atoms with E-state index in [0.29, 0.717) is 0 Å². The van der Waals surface area contributed by atoms with Gasteiger partial charge in [0.15, 0.2) is 0 Å². The molecule has 0 N–H and O–H groups in total. The largest absolute Gasteiger partial charge is 1.00 e. The number of allylic oxidation sites excluding steroid dienone is 3. The Morgan fingerprint density at radius 2 is 1.80 bits per heavy atom. The van der Waals surface area contributed by atoms with Crippen molar-refractivity contribution in [1.82, 2.24) is 0 Å². The minimum atomic E-state index is -1.14. The first-order valence-electron chi connectivity index (χ1n) is 5.31. The van der Waals surface area contributed by atoms with E-state index >= 15 is 0 Å². The molecule has 0 aromatic carbocycles. The predicted molar refractivity (Wildman–Crippen MR) is 56.7 cm³/mol. The summed E-state index contributed by atoms with van der Waals surface area (Å²) in [5, 5.41) is 9.97. The molecule has 0 aromatic heterocycles. The molecule has 0 spiro atoms. The summed E-state index contributed by atoms with van der Waals surface area (Å²) in [7, 11) is 0. The molecule has 0 radical (unpaired) electrons. The van der Waals surface area contributed by atoms with Crippen molar-refractivity contribution in [3.05, 3.63) is 24.3 Å². The number of carboxylic acid groups (broad SMARTS) is 1. The second kappa shape index (κ2) is 13.9. The van der Waals surface area contributed by atoms with E-state index in [1.54, 1.807) is 6.08 Å². The standard InChI is InChI=1S/C12H20O2.Na/c1-2-3-4-5-6-7-8-9-10-11-12(13)14;/h8-11H,2-7H2,1H3,(H,13,14);/q;+1/p-1/b9-8+,11-10+;. The van der Waals surface area contributed by atoms with Gasteiger partial charge in [0.25, 0.3) is 0 Å². The van der Waals surface area contributed by atoms with Crippen LogP contribution in [-0.2, 0) is 4.79 Å². The van der Waals surface area contributed by atoms with E-state index in [1.165, 1.54) is 38.2 Å². The molecule has 80 valence electrons. The molecule has 0 bridgehead atoms. The van der Waals surface area contributed by atoms with Gasteiger partial charge in [0.1, 0.15) is 0 Å². The number of carbonyl (C=O) groups excluding carboxylic acids is 1. The van der Waals surface area contributed by atoms with Gasteiger partial charge in [-0.1, -0.05) is 50.8 Å². The zero-order valence-electron chi connectivity index (χ0n) is 9.87. The molecule has 0 amide bonds. The smallest absolute Gasteiger partial charge is 0.545 e. The van der Waals surface area contributed by atoms with Crippen LogP contribution in [0.2, 0.25) is 0 Å². The Bertz CT molecular complexity index is 198. The topological polar surface area (TPSA) is 40.1 Å². The maximum atomic E-state index is 9.97. The van der Waals surface area contributed by atoms with Gasteiger partial charge in [0.2, 0.25) is 0 Å². The van der Waals surface area contributed by atoms with Crippen LogP contribution in [0.15, 0.2) is 24.3 Å². The van der Waals surface area contributed by atoms with E-state index in [-0.39, 0.29) is 29.6 Å². The van der Waals surface area contributed by atoms with Crippen molar-refractivity contribution < 1.29 is 39.5 Å². The van der Waals surface area contributed by atoms with Crippen molar-refractivity contribution in [2.24, 2.45) is 0 Å². The van der Waals surface area contributed by atoms with Crippen molar-refractivity contribution in [3.8, 4) is 0 Å². The molecule has 0 fully saturated rings. The molecule has 0 heterocycles. The van der Waals surface area contributed by atoms with Crippen LogP contribution in [0.1, 0.15) is 45.4 Å². The number of rotatable bonds is 8. The van der Waals surface area contributed by atoms with E-state index in [2.05, 4.69) is 6.92 Å². The summed E-state index contributed by atoms with van der Waals surface area (Å²) in [6.45, 7) is 2.20.